The zero-order valence-corrected chi connectivity index (χ0v) is 18.1. The summed E-state index contributed by atoms with van der Waals surface area (Å²) in [5, 5.41) is 5.53. The zero-order valence-electron chi connectivity index (χ0n) is 18.1. The molecule has 168 valence electrons. The number of aromatic nitrogens is 2. The average molecular weight is 454 g/mol. The van der Waals surface area contributed by atoms with Crippen molar-refractivity contribution < 1.29 is 18.4 Å². The lowest BCUT2D eigenvalue weighted by atomic mass is 10.1. The molecule has 3 heterocycles. The Kier molecular flexibility index (Phi) is 5.47. The van der Waals surface area contributed by atoms with Crippen molar-refractivity contribution in [3.8, 4) is 11.3 Å². The van der Waals surface area contributed by atoms with Gasteiger partial charge in [-0.05, 0) is 55.5 Å². The highest BCUT2D eigenvalue weighted by atomic mass is 19.1. The van der Waals surface area contributed by atoms with E-state index in [1.165, 1.54) is 18.2 Å². The fraction of sp³-hybridized carbons (Fsp3) is 0.0769. The van der Waals surface area contributed by atoms with E-state index in [0.29, 0.717) is 39.6 Å². The van der Waals surface area contributed by atoms with E-state index >= 15 is 0 Å². The van der Waals surface area contributed by atoms with E-state index in [4.69, 9.17) is 4.42 Å². The van der Waals surface area contributed by atoms with Crippen molar-refractivity contribution in [2.75, 3.05) is 5.32 Å². The third-order valence-corrected chi connectivity index (χ3v) is 5.37. The second-order valence-electron chi connectivity index (χ2n) is 7.81. The maximum atomic E-state index is 13.6. The lowest BCUT2D eigenvalue weighted by Crippen LogP contribution is -2.23. The van der Waals surface area contributed by atoms with Gasteiger partial charge >= 0.3 is 0 Å². The highest BCUT2D eigenvalue weighted by Crippen LogP contribution is 2.34. The molecule has 0 unspecified atom stereocenters. The molecule has 2 aromatic carbocycles. The van der Waals surface area contributed by atoms with Crippen molar-refractivity contribution in [2.24, 2.45) is 0 Å². The van der Waals surface area contributed by atoms with Gasteiger partial charge in [0, 0.05) is 28.6 Å². The normalized spacial score (nSPS) is 13.6. The van der Waals surface area contributed by atoms with Gasteiger partial charge in [-0.2, -0.15) is 0 Å². The second kappa shape index (κ2) is 8.74. The molecule has 0 bridgehead atoms. The molecule has 4 aromatic rings. The number of anilines is 1. The van der Waals surface area contributed by atoms with Gasteiger partial charge in [0.15, 0.2) is 0 Å². The van der Waals surface area contributed by atoms with E-state index in [-0.39, 0.29) is 18.4 Å². The lowest BCUT2D eigenvalue weighted by Gasteiger charge is -2.05. The molecule has 0 radical (unpaired) electrons. The van der Waals surface area contributed by atoms with Gasteiger partial charge in [0.25, 0.3) is 11.8 Å². The molecule has 2 amide bonds. The Morgan fingerprint density at radius 2 is 1.91 bits per heavy atom. The fourth-order valence-electron chi connectivity index (χ4n) is 3.60. The number of hydrogen-bond acceptors (Lipinski definition) is 5. The number of furan rings is 1. The summed E-state index contributed by atoms with van der Waals surface area (Å²) in [6.07, 6.45) is 4.87. The molecule has 0 fully saturated rings. The summed E-state index contributed by atoms with van der Waals surface area (Å²) in [6.45, 7) is 2.13. The third-order valence-electron chi connectivity index (χ3n) is 5.37. The van der Waals surface area contributed by atoms with Gasteiger partial charge in [-0.3, -0.25) is 19.6 Å². The highest BCUT2D eigenvalue weighted by molar-refractivity contribution is 6.34. The van der Waals surface area contributed by atoms with Crippen LogP contribution in [0.25, 0.3) is 23.0 Å². The predicted molar refractivity (Wildman–Crippen MR) is 125 cm³/mol. The number of nitrogens with one attached hydrogen (secondary N) is 2. The van der Waals surface area contributed by atoms with E-state index in [2.05, 4.69) is 20.6 Å². The minimum Gasteiger partial charge on any atom is -0.457 e. The summed E-state index contributed by atoms with van der Waals surface area (Å²) in [4.78, 5) is 33.1. The topological polar surface area (TPSA) is 97.1 Å². The Hall–Kier alpha value is -4.59. The lowest BCUT2D eigenvalue weighted by molar-refractivity contribution is -0.110. The molecule has 34 heavy (non-hydrogen) atoms. The van der Waals surface area contributed by atoms with Crippen LogP contribution >= 0.6 is 0 Å². The Morgan fingerprint density at radius 1 is 1.09 bits per heavy atom. The number of benzene rings is 2. The minimum atomic E-state index is -0.419. The molecule has 0 aliphatic carbocycles. The maximum absolute atomic E-state index is 13.6. The van der Waals surface area contributed by atoms with Gasteiger partial charge in [-0.15, -0.1) is 0 Å². The van der Waals surface area contributed by atoms with Crippen molar-refractivity contribution in [1.29, 1.82) is 0 Å². The largest absolute Gasteiger partial charge is 0.457 e. The molecule has 5 rings (SSSR count). The number of carbonyl (C=O) groups excluding carboxylic acids is 2. The first kappa shape index (κ1) is 21.3. The monoisotopic (exact) mass is 454 g/mol. The van der Waals surface area contributed by atoms with E-state index in [1.807, 2.05) is 6.92 Å². The highest BCUT2D eigenvalue weighted by Gasteiger charge is 2.25. The quantitative estimate of drug-likeness (QED) is 0.430. The van der Waals surface area contributed by atoms with E-state index in [0.717, 1.165) is 11.3 Å². The smallest absolute Gasteiger partial charge is 0.256 e. The van der Waals surface area contributed by atoms with Crippen molar-refractivity contribution in [3.63, 3.8) is 0 Å². The molecule has 8 heteroatoms. The number of carbonyl (C=O) groups is 2. The van der Waals surface area contributed by atoms with Crippen LogP contribution in [0, 0.1) is 12.7 Å². The van der Waals surface area contributed by atoms with Gasteiger partial charge in [0.1, 0.15) is 17.3 Å². The molecule has 1 aliphatic heterocycles. The number of aryl methyl sites for hydroxylation is 1. The SMILES string of the molecule is Cc1cnc(CNC(=O)c2ccc(-c3ccc(/C=C4/C(=O)Nc5ccc(F)cc54)o3)cc2)cn1. The van der Waals surface area contributed by atoms with Crippen LogP contribution in [0.4, 0.5) is 10.1 Å². The molecule has 2 aromatic heterocycles. The Bertz CT molecular complexity index is 1420. The van der Waals surface area contributed by atoms with Crippen molar-refractivity contribution >= 4 is 29.2 Å². The van der Waals surface area contributed by atoms with Gasteiger partial charge in [0.2, 0.25) is 0 Å². The Balaban J connectivity index is 1.29. The molecule has 0 spiro atoms. The van der Waals surface area contributed by atoms with Crippen molar-refractivity contribution in [2.45, 2.75) is 13.5 Å². The first-order valence-electron chi connectivity index (χ1n) is 10.6. The molecule has 0 atom stereocenters. The third kappa shape index (κ3) is 4.33. The molecule has 0 saturated heterocycles. The first-order chi connectivity index (χ1) is 16.5. The van der Waals surface area contributed by atoms with Crippen LogP contribution in [0.2, 0.25) is 0 Å². The Labute approximate surface area is 194 Å². The van der Waals surface area contributed by atoms with E-state index in [9.17, 15) is 14.0 Å². The van der Waals surface area contributed by atoms with Gasteiger partial charge in [-0.1, -0.05) is 12.1 Å². The summed E-state index contributed by atoms with van der Waals surface area (Å²) in [5.41, 5.74) is 4.15. The van der Waals surface area contributed by atoms with Crippen LogP contribution in [0.5, 0.6) is 0 Å². The van der Waals surface area contributed by atoms with Crippen LogP contribution in [0.15, 0.2) is 71.4 Å². The fourth-order valence-corrected chi connectivity index (χ4v) is 3.60. The maximum Gasteiger partial charge on any atom is 0.256 e. The summed E-state index contributed by atoms with van der Waals surface area (Å²) in [5.74, 6) is 0.0737. The van der Waals surface area contributed by atoms with Crippen LogP contribution in [0.3, 0.4) is 0 Å². The number of nitrogens with zero attached hydrogens (tertiary/aromatic N) is 2. The van der Waals surface area contributed by atoms with Gasteiger partial charge < -0.3 is 15.1 Å². The van der Waals surface area contributed by atoms with Crippen molar-refractivity contribution in [3.05, 3.63) is 101 Å². The van der Waals surface area contributed by atoms with Crippen LogP contribution in [-0.2, 0) is 11.3 Å². The second-order valence-corrected chi connectivity index (χ2v) is 7.81. The number of amides is 2. The van der Waals surface area contributed by atoms with Crippen molar-refractivity contribution in [1.82, 2.24) is 15.3 Å². The van der Waals surface area contributed by atoms with Gasteiger partial charge in [0.05, 0.1) is 29.7 Å². The summed E-state index contributed by atoms with van der Waals surface area (Å²) < 4.78 is 19.5. The van der Waals surface area contributed by atoms with Crippen LogP contribution < -0.4 is 10.6 Å². The van der Waals surface area contributed by atoms with Crippen LogP contribution in [0.1, 0.15) is 33.1 Å². The number of fused-ring (bicyclic) bond motifs is 1. The molecular weight excluding hydrogens is 435 g/mol. The van der Waals surface area contributed by atoms with Crippen LogP contribution in [-0.4, -0.2) is 21.8 Å². The number of halogens is 1. The zero-order chi connectivity index (χ0) is 23.7. The molecule has 1 aliphatic rings. The minimum absolute atomic E-state index is 0.225. The van der Waals surface area contributed by atoms with E-state index < -0.39 is 5.82 Å². The summed E-state index contributed by atoms with van der Waals surface area (Å²) in [6, 6.07) is 14.6. The molecule has 7 nitrogen and oxygen atoms in total. The standard InChI is InChI=1S/C26H19FN4O3/c1-15-12-29-19(13-28-15)14-30-25(32)17-4-2-16(3-5-17)24-9-7-20(34-24)11-22-21-10-18(27)6-8-23(21)31-26(22)33/h2-13H,14H2,1H3,(H,30,32)(H,31,33)/b22-11+. The van der Waals surface area contributed by atoms with Gasteiger partial charge in [-0.25, -0.2) is 4.39 Å². The number of rotatable bonds is 5. The number of hydrogen-bond donors (Lipinski definition) is 2. The average Bonchev–Trinajstić information content (AvgIpc) is 3.43. The Morgan fingerprint density at radius 3 is 2.68 bits per heavy atom. The molecule has 0 saturated carbocycles. The summed E-state index contributed by atoms with van der Waals surface area (Å²) in [7, 11) is 0. The molecule has 2 N–H and O–H groups in total. The summed E-state index contributed by atoms with van der Waals surface area (Å²) >= 11 is 0. The molecular formula is C26H19FN4O3. The first-order valence-corrected chi connectivity index (χ1v) is 10.6. The van der Waals surface area contributed by atoms with E-state index in [1.54, 1.807) is 54.9 Å². The predicted octanol–water partition coefficient (Wildman–Crippen LogP) is 4.61.